The van der Waals surface area contributed by atoms with Gasteiger partial charge in [0.1, 0.15) is 27.9 Å². The second-order valence-corrected chi connectivity index (χ2v) is 6.38. The van der Waals surface area contributed by atoms with Crippen LogP contribution in [0, 0.1) is 28.5 Å². The number of nitrogens with zero attached hydrogens (tertiary/aromatic N) is 2. The summed E-state index contributed by atoms with van der Waals surface area (Å²) in [6.07, 6.45) is 2.34. The van der Waals surface area contributed by atoms with Crippen molar-refractivity contribution in [2.45, 2.75) is 36.1 Å². The Morgan fingerprint density at radius 2 is 1.90 bits per heavy atom. The molecule has 0 bridgehead atoms. The summed E-state index contributed by atoms with van der Waals surface area (Å²) in [7, 11) is -4.11. The van der Waals surface area contributed by atoms with Gasteiger partial charge in [-0.05, 0) is 25.0 Å². The van der Waals surface area contributed by atoms with Gasteiger partial charge in [0.25, 0.3) is 0 Å². The molecule has 5 nitrogen and oxygen atoms in total. The lowest BCUT2D eigenvalue weighted by Gasteiger charge is -2.22. The molecule has 104 valence electrons. The fraction of sp³-hybridized carbons (Fsp3) is 0.385. The number of nitriles is 2. The van der Waals surface area contributed by atoms with Crippen LogP contribution >= 0.6 is 0 Å². The van der Waals surface area contributed by atoms with Crippen molar-refractivity contribution in [2.24, 2.45) is 0 Å². The van der Waals surface area contributed by atoms with E-state index >= 15 is 0 Å². The zero-order chi connectivity index (χ0) is 14.8. The molecule has 0 spiro atoms. The quantitative estimate of drug-likeness (QED) is 0.919. The lowest BCUT2D eigenvalue weighted by Crippen LogP contribution is -2.45. The van der Waals surface area contributed by atoms with Crippen LogP contribution in [-0.4, -0.2) is 14.0 Å². The van der Waals surface area contributed by atoms with Crippen LogP contribution in [0.15, 0.2) is 23.1 Å². The maximum absolute atomic E-state index is 13.5. The topological polar surface area (TPSA) is 93.8 Å². The van der Waals surface area contributed by atoms with Crippen molar-refractivity contribution in [3.05, 3.63) is 29.6 Å². The molecular formula is C13H12FN3O2S. The van der Waals surface area contributed by atoms with Gasteiger partial charge in [0.15, 0.2) is 0 Å². The van der Waals surface area contributed by atoms with Gasteiger partial charge in [-0.1, -0.05) is 18.9 Å². The van der Waals surface area contributed by atoms with E-state index in [1.807, 2.05) is 6.07 Å². The van der Waals surface area contributed by atoms with Gasteiger partial charge in [0, 0.05) is 0 Å². The summed E-state index contributed by atoms with van der Waals surface area (Å²) >= 11 is 0. The molecule has 0 heterocycles. The fourth-order valence-electron chi connectivity index (χ4n) is 2.36. The van der Waals surface area contributed by atoms with Crippen molar-refractivity contribution in [1.29, 1.82) is 10.5 Å². The predicted molar refractivity (Wildman–Crippen MR) is 68.2 cm³/mol. The van der Waals surface area contributed by atoms with E-state index in [2.05, 4.69) is 4.72 Å². The Morgan fingerprint density at radius 1 is 1.25 bits per heavy atom. The maximum Gasteiger partial charge on any atom is 0.243 e. The number of benzene rings is 1. The molecule has 1 aromatic rings. The molecule has 0 atom stereocenters. The molecule has 0 unspecified atom stereocenters. The Morgan fingerprint density at radius 3 is 2.45 bits per heavy atom. The first-order valence-electron chi connectivity index (χ1n) is 6.08. The van der Waals surface area contributed by atoms with Gasteiger partial charge >= 0.3 is 0 Å². The monoisotopic (exact) mass is 293 g/mol. The first-order valence-corrected chi connectivity index (χ1v) is 7.56. The highest BCUT2D eigenvalue weighted by molar-refractivity contribution is 7.89. The van der Waals surface area contributed by atoms with Crippen LogP contribution in [0.25, 0.3) is 0 Å². The first kappa shape index (κ1) is 14.4. The summed E-state index contributed by atoms with van der Waals surface area (Å²) in [6.45, 7) is 0. The third kappa shape index (κ3) is 2.51. The minimum Gasteiger partial charge on any atom is -0.207 e. The van der Waals surface area contributed by atoms with Gasteiger partial charge in [-0.2, -0.15) is 15.2 Å². The van der Waals surface area contributed by atoms with Crippen molar-refractivity contribution in [3.8, 4) is 12.1 Å². The van der Waals surface area contributed by atoms with Crippen LogP contribution in [0.2, 0.25) is 0 Å². The molecule has 20 heavy (non-hydrogen) atoms. The Balaban J connectivity index is 2.45. The Kier molecular flexibility index (Phi) is 3.76. The SMILES string of the molecule is N#Cc1c(F)cccc1S(=O)(=O)NC1(C#N)CCCC1. The van der Waals surface area contributed by atoms with Gasteiger partial charge in [-0.15, -0.1) is 0 Å². The van der Waals surface area contributed by atoms with Gasteiger partial charge in [-0.3, -0.25) is 0 Å². The maximum atomic E-state index is 13.5. The summed E-state index contributed by atoms with van der Waals surface area (Å²) in [5, 5.41) is 18.1. The van der Waals surface area contributed by atoms with Crippen LogP contribution in [0.4, 0.5) is 4.39 Å². The molecule has 0 saturated heterocycles. The summed E-state index contributed by atoms with van der Waals surface area (Å²) in [6, 6.07) is 6.94. The highest BCUT2D eigenvalue weighted by atomic mass is 32.2. The number of hydrogen-bond acceptors (Lipinski definition) is 4. The van der Waals surface area contributed by atoms with Gasteiger partial charge < -0.3 is 0 Å². The number of sulfonamides is 1. The van der Waals surface area contributed by atoms with Gasteiger partial charge in [0.05, 0.1) is 6.07 Å². The van der Waals surface area contributed by atoms with E-state index in [-0.39, 0.29) is 0 Å². The van der Waals surface area contributed by atoms with Crippen molar-refractivity contribution >= 4 is 10.0 Å². The number of hydrogen-bond donors (Lipinski definition) is 1. The highest BCUT2D eigenvalue weighted by Crippen LogP contribution is 2.31. The third-order valence-corrected chi connectivity index (χ3v) is 4.96. The minimum atomic E-state index is -4.11. The molecule has 0 amide bonds. The van der Waals surface area contributed by atoms with Crippen molar-refractivity contribution < 1.29 is 12.8 Å². The Bertz CT molecular complexity index is 710. The molecule has 1 aromatic carbocycles. The molecule has 0 aromatic heterocycles. The van der Waals surface area contributed by atoms with Crippen molar-refractivity contribution in [1.82, 2.24) is 4.72 Å². The van der Waals surface area contributed by atoms with Crippen LogP contribution in [0.1, 0.15) is 31.2 Å². The molecule has 1 fully saturated rings. The van der Waals surface area contributed by atoms with E-state index < -0.39 is 31.8 Å². The standard InChI is InChI=1S/C13H12FN3O2S/c14-11-4-3-5-12(10(11)8-15)20(18,19)17-13(9-16)6-1-2-7-13/h3-5,17H,1-2,6-7H2. The first-order chi connectivity index (χ1) is 9.44. The van der Waals surface area contributed by atoms with Gasteiger partial charge in [0.2, 0.25) is 10.0 Å². The minimum absolute atomic E-state index is 0.417. The molecule has 0 radical (unpaired) electrons. The average Bonchev–Trinajstić information content (AvgIpc) is 2.87. The second-order valence-electron chi connectivity index (χ2n) is 4.73. The predicted octanol–water partition coefficient (Wildman–Crippen LogP) is 1.81. The van der Waals surface area contributed by atoms with E-state index in [1.165, 1.54) is 6.07 Å². The molecule has 1 saturated carbocycles. The molecular weight excluding hydrogens is 281 g/mol. The number of nitrogens with one attached hydrogen (secondary N) is 1. The molecule has 1 aliphatic rings. The molecule has 1 N–H and O–H groups in total. The highest BCUT2D eigenvalue weighted by Gasteiger charge is 2.39. The zero-order valence-corrected chi connectivity index (χ0v) is 11.4. The molecule has 0 aliphatic heterocycles. The normalized spacial score (nSPS) is 17.4. The third-order valence-electron chi connectivity index (χ3n) is 3.38. The van der Waals surface area contributed by atoms with Crippen LogP contribution < -0.4 is 4.72 Å². The van der Waals surface area contributed by atoms with E-state index in [0.29, 0.717) is 12.8 Å². The lowest BCUT2D eigenvalue weighted by molar-refractivity contribution is 0.484. The van der Waals surface area contributed by atoms with E-state index in [0.717, 1.165) is 25.0 Å². The van der Waals surface area contributed by atoms with Crippen LogP contribution in [-0.2, 0) is 10.0 Å². The van der Waals surface area contributed by atoms with Crippen molar-refractivity contribution in [3.63, 3.8) is 0 Å². The molecule has 7 heteroatoms. The molecule has 2 rings (SSSR count). The van der Waals surface area contributed by atoms with Crippen LogP contribution in [0.5, 0.6) is 0 Å². The van der Waals surface area contributed by atoms with Crippen LogP contribution in [0.3, 0.4) is 0 Å². The van der Waals surface area contributed by atoms with E-state index in [4.69, 9.17) is 5.26 Å². The smallest absolute Gasteiger partial charge is 0.207 e. The zero-order valence-electron chi connectivity index (χ0n) is 10.6. The number of halogens is 1. The summed E-state index contributed by atoms with van der Waals surface area (Å²) in [5.74, 6) is -0.896. The Hall–Kier alpha value is -1.96. The Labute approximate surface area is 116 Å². The largest absolute Gasteiger partial charge is 0.243 e. The lowest BCUT2D eigenvalue weighted by atomic mass is 10.0. The summed E-state index contributed by atoms with van der Waals surface area (Å²) < 4.78 is 40.4. The van der Waals surface area contributed by atoms with Crippen molar-refractivity contribution in [2.75, 3.05) is 0 Å². The van der Waals surface area contributed by atoms with E-state index in [1.54, 1.807) is 6.07 Å². The summed E-state index contributed by atoms with van der Waals surface area (Å²) in [5.41, 5.74) is -1.69. The molecule has 1 aliphatic carbocycles. The summed E-state index contributed by atoms with van der Waals surface area (Å²) in [4.78, 5) is -0.429. The fourth-order valence-corrected chi connectivity index (χ4v) is 3.91. The van der Waals surface area contributed by atoms with E-state index in [9.17, 15) is 18.1 Å². The second kappa shape index (κ2) is 5.20. The van der Waals surface area contributed by atoms with Gasteiger partial charge in [-0.25, -0.2) is 12.8 Å². The number of rotatable bonds is 3. The average molecular weight is 293 g/mol.